The van der Waals surface area contributed by atoms with E-state index in [1.54, 1.807) is 56.3 Å². The second-order valence-corrected chi connectivity index (χ2v) is 17.3. The molecule has 6 aromatic rings. The number of nitrogens with zero attached hydrogens (tertiary/aromatic N) is 4. The van der Waals surface area contributed by atoms with E-state index in [0.29, 0.717) is 63.9 Å². The van der Waals surface area contributed by atoms with E-state index in [-0.39, 0.29) is 32.8 Å². The van der Waals surface area contributed by atoms with E-state index >= 15 is 0 Å². The number of benzene rings is 4. The fourth-order valence-corrected chi connectivity index (χ4v) is 8.29. The van der Waals surface area contributed by atoms with Crippen molar-refractivity contribution in [2.75, 3.05) is 22.1 Å². The third-order valence-corrected chi connectivity index (χ3v) is 12.3. The van der Waals surface area contributed by atoms with E-state index in [0.717, 1.165) is 0 Å². The van der Waals surface area contributed by atoms with Crippen LogP contribution in [0, 0.1) is 6.92 Å². The van der Waals surface area contributed by atoms with Crippen LogP contribution in [0.4, 0.5) is 49.4 Å². The van der Waals surface area contributed by atoms with Crippen molar-refractivity contribution in [1.82, 2.24) is 19.9 Å². The lowest BCUT2D eigenvalue weighted by atomic mass is 10.1. The second kappa shape index (κ2) is 19.4. The molecule has 61 heavy (non-hydrogen) atoms. The summed E-state index contributed by atoms with van der Waals surface area (Å²) >= 11 is 0. The average molecular weight is 889 g/mol. The Morgan fingerprint density at radius 1 is 0.557 bits per heavy atom. The van der Waals surface area contributed by atoms with Crippen LogP contribution in [-0.4, -0.2) is 61.0 Å². The van der Waals surface area contributed by atoms with Gasteiger partial charge in [0, 0.05) is 34.1 Å². The van der Waals surface area contributed by atoms with E-state index in [1.165, 1.54) is 73.3 Å². The maximum absolute atomic E-state index is 12.3. The fourth-order valence-electron chi connectivity index (χ4n) is 5.64. The van der Waals surface area contributed by atoms with Gasteiger partial charge in [-0.25, -0.2) is 36.8 Å². The third-order valence-electron chi connectivity index (χ3n) is 8.40. The predicted molar refractivity (Wildman–Crippen MR) is 217 cm³/mol. The van der Waals surface area contributed by atoms with Gasteiger partial charge in [0.25, 0.3) is 0 Å². The molecule has 0 fully saturated rings. The van der Waals surface area contributed by atoms with Crippen LogP contribution in [0.1, 0.15) is 32.3 Å². The minimum atomic E-state index is -4.75. The van der Waals surface area contributed by atoms with Crippen LogP contribution in [0.15, 0.2) is 126 Å². The number of hydrogen-bond donors (Lipinski definition) is 2. The molecule has 0 saturated heterocycles. The molecule has 0 saturated carbocycles. The Balaban J connectivity index is 0.000000231. The number of ether oxygens (including phenoxy) is 2. The first kappa shape index (κ1) is 45.8. The van der Waals surface area contributed by atoms with Gasteiger partial charge in [0.15, 0.2) is 19.7 Å². The molecule has 322 valence electrons. The Morgan fingerprint density at radius 2 is 1.00 bits per heavy atom. The molecule has 12 nitrogen and oxygen atoms in total. The number of rotatable bonds is 14. The number of nitrogens with one attached hydrogen (secondary N) is 2. The highest BCUT2D eigenvalue weighted by Gasteiger charge is 2.31. The lowest BCUT2D eigenvalue weighted by Crippen LogP contribution is -2.17. The lowest BCUT2D eigenvalue weighted by molar-refractivity contribution is -0.275. The van der Waals surface area contributed by atoms with Gasteiger partial charge in [-0.2, -0.15) is 0 Å². The van der Waals surface area contributed by atoms with E-state index in [4.69, 9.17) is 0 Å². The van der Waals surface area contributed by atoms with Gasteiger partial charge < -0.3 is 20.1 Å². The quantitative estimate of drug-likeness (QED) is 0.0997. The maximum Gasteiger partial charge on any atom is 0.573 e. The molecule has 0 atom stereocenters. The monoisotopic (exact) mass is 888 g/mol. The van der Waals surface area contributed by atoms with Gasteiger partial charge in [-0.3, -0.25) is 0 Å². The van der Waals surface area contributed by atoms with Crippen LogP contribution < -0.4 is 20.1 Å². The van der Waals surface area contributed by atoms with Crippen LogP contribution in [-0.2, 0) is 19.7 Å². The average Bonchev–Trinajstić information content (AvgIpc) is 3.20. The molecule has 0 radical (unpaired) electrons. The number of aromatic nitrogens is 4. The number of alkyl halides is 6. The van der Waals surface area contributed by atoms with Gasteiger partial charge in [0.2, 0.25) is 0 Å². The molecule has 4 aromatic carbocycles. The van der Waals surface area contributed by atoms with Gasteiger partial charge in [-0.1, -0.05) is 38.1 Å². The van der Waals surface area contributed by atoms with Crippen molar-refractivity contribution in [2.24, 2.45) is 0 Å². The first-order chi connectivity index (χ1) is 28.7. The normalized spacial score (nSPS) is 11.9. The minimum absolute atomic E-state index is 0.0831. The molecule has 2 heterocycles. The SMILES string of the molecule is CCCS(=O)(=O)c1ccc(-c2cc(Nc3ccc(OC(F)(F)F)cc3)ncn2)cc1.CCCS(=O)(=O)c1ccc(-c2ncnc(Nc3ccc(OC(F)(F)F)cc3)c2C)cc1. The molecule has 0 aliphatic heterocycles. The largest absolute Gasteiger partial charge is 0.573 e. The van der Waals surface area contributed by atoms with Crippen molar-refractivity contribution >= 4 is 42.7 Å². The molecular weight excluding hydrogens is 851 g/mol. The van der Waals surface area contributed by atoms with Gasteiger partial charge in [-0.05, 0) is 92.6 Å². The number of sulfone groups is 2. The molecule has 0 bridgehead atoms. The molecule has 20 heteroatoms. The smallest absolute Gasteiger partial charge is 0.406 e. The van der Waals surface area contributed by atoms with Crippen molar-refractivity contribution in [1.29, 1.82) is 0 Å². The topological polar surface area (TPSA) is 162 Å². The minimum Gasteiger partial charge on any atom is -0.406 e. The highest BCUT2D eigenvalue weighted by atomic mass is 32.2. The zero-order chi connectivity index (χ0) is 44.4. The van der Waals surface area contributed by atoms with E-state index in [9.17, 15) is 43.2 Å². The summed E-state index contributed by atoms with van der Waals surface area (Å²) in [6.45, 7) is 5.40. The Morgan fingerprint density at radius 3 is 1.46 bits per heavy atom. The molecule has 0 aliphatic rings. The van der Waals surface area contributed by atoms with Crippen LogP contribution >= 0.6 is 0 Å². The first-order valence-electron chi connectivity index (χ1n) is 18.3. The standard InChI is InChI=1S/C21H20F3N3O3S.C20H18F3N3O3S/c1-3-12-31(28,29)18-10-4-15(5-11-18)19-14(2)20(26-13-25-19)27-16-6-8-17(9-7-16)30-21(22,23)24;1-2-11-30(27,28)17-9-3-14(4-10-17)18-12-19(25-13-24-18)26-15-5-7-16(8-6-15)29-20(21,22)23/h4-11,13H,3,12H2,1-2H3,(H,25,26,27);3-10,12-13H,2,11H2,1H3,(H,24,25,26). The number of halogens is 6. The van der Waals surface area contributed by atoms with Crippen LogP contribution in [0.25, 0.3) is 22.5 Å². The molecule has 0 aliphatic carbocycles. The van der Waals surface area contributed by atoms with Gasteiger partial charge in [0.05, 0.1) is 32.7 Å². The van der Waals surface area contributed by atoms with Crippen LogP contribution in [0.2, 0.25) is 0 Å². The summed E-state index contributed by atoms with van der Waals surface area (Å²) in [6.07, 6.45) is -5.74. The summed E-state index contributed by atoms with van der Waals surface area (Å²) < 4.78 is 130. The lowest BCUT2D eigenvalue weighted by Gasteiger charge is -2.13. The predicted octanol–water partition coefficient (Wildman–Crippen LogP) is 10.2. The fraction of sp³-hybridized carbons (Fsp3) is 0.220. The summed E-state index contributed by atoms with van der Waals surface area (Å²) in [5, 5.41) is 6.01. The summed E-state index contributed by atoms with van der Waals surface area (Å²) in [5.74, 6) is 0.413. The highest BCUT2D eigenvalue weighted by Crippen LogP contribution is 2.30. The summed E-state index contributed by atoms with van der Waals surface area (Å²) in [4.78, 5) is 17.3. The maximum atomic E-state index is 12.3. The van der Waals surface area contributed by atoms with Gasteiger partial charge in [-0.15, -0.1) is 26.3 Å². The Hall–Kier alpha value is -6.28. The van der Waals surface area contributed by atoms with Crippen molar-refractivity contribution in [3.8, 4) is 34.0 Å². The first-order valence-corrected chi connectivity index (χ1v) is 21.6. The molecule has 0 amide bonds. The molecular formula is C41H38F6N6O6S2. The zero-order valence-corrected chi connectivity index (χ0v) is 34.3. The van der Waals surface area contributed by atoms with Crippen LogP contribution in [0.3, 0.4) is 0 Å². The molecule has 0 spiro atoms. The second-order valence-electron chi connectivity index (χ2n) is 13.1. The number of hydrogen-bond acceptors (Lipinski definition) is 12. The Kier molecular flexibility index (Phi) is 14.6. The molecule has 0 unspecified atom stereocenters. The van der Waals surface area contributed by atoms with Crippen molar-refractivity contribution < 1.29 is 52.7 Å². The molecule has 6 rings (SSSR count). The molecule has 2 N–H and O–H groups in total. The van der Waals surface area contributed by atoms with Crippen molar-refractivity contribution in [2.45, 2.75) is 56.1 Å². The van der Waals surface area contributed by atoms with E-state index in [2.05, 4.69) is 40.0 Å². The van der Waals surface area contributed by atoms with E-state index < -0.39 is 32.4 Å². The van der Waals surface area contributed by atoms with E-state index in [1.807, 2.05) is 6.92 Å². The molecule has 2 aromatic heterocycles. The Labute approximate surface area is 347 Å². The van der Waals surface area contributed by atoms with Crippen molar-refractivity contribution in [3.05, 3.63) is 121 Å². The van der Waals surface area contributed by atoms with Crippen LogP contribution in [0.5, 0.6) is 11.5 Å². The number of anilines is 4. The third kappa shape index (κ3) is 13.4. The van der Waals surface area contributed by atoms with Gasteiger partial charge in [0.1, 0.15) is 35.8 Å². The summed E-state index contributed by atoms with van der Waals surface area (Å²) in [5.41, 5.74) is 4.30. The zero-order valence-electron chi connectivity index (χ0n) is 32.6. The van der Waals surface area contributed by atoms with Gasteiger partial charge >= 0.3 is 12.7 Å². The highest BCUT2D eigenvalue weighted by molar-refractivity contribution is 7.91. The summed E-state index contributed by atoms with van der Waals surface area (Å²) in [7, 11) is -6.61. The Bertz CT molecular complexity index is 2610. The van der Waals surface area contributed by atoms with Crippen molar-refractivity contribution in [3.63, 3.8) is 0 Å². The summed E-state index contributed by atoms with van der Waals surface area (Å²) in [6, 6.07) is 25.0.